The monoisotopic (exact) mass is 303 g/mol. The van der Waals surface area contributed by atoms with Crippen molar-refractivity contribution in [2.24, 2.45) is 0 Å². The van der Waals surface area contributed by atoms with Crippen LogP contribution >= 0.6 is 11.6 Å². The molecule has 1 aromatic rings. The lowest BCUT2D eigenvalue weighted by Crippen LogP contribution is -2.41. The van der Waals surface area contributed by atoms with E-state index in [-0.39, 0.29) is 11.4 Å². The molecule has 20 heavy (non-hydrogen) atoms. The SMILES string of the molecule is O=C(O)CC[C@H](NC(=O)c1cccc(Cl)c1F)C(=O)O. The van der Waals surface area contributed by atoms with Crippen LogP contribution in [0.15, 0.2) is 18.2 Å². The fourth-order valence-corrected chi connectivity index (χ4v) is 1.61. The minimum atomic E-state index is -1.42. The van der Waals surface area contributed by atoms with E-state index in [1.807, 2.05) is 0 Å². The maximum absolute atomic E-state index is 13.6. The van der Waals surface area contributed by atoms with Crippen molar-refractivity contribution in [1.29, 1.82) is 0 Å². The van der Waals surface area contributed by atoms with Gasteiger partial charge in [0.25, 0.3) is 5.91 Å². The largest absolute Gasteiger partial charge is 0.481 e. The average Bonchev–Trinajstić information content (AvgIpc) is 2.36. The first kappa shape index (κ1) is 15.9. The molecule has 0 saturated heterocycles. The smallest absolute Gasteiger partial charge is 0.326 e. The number of benzene rings is 1. The predicted molar refractivity (Wildman–Crippen MR) is 67.2 cm³/mol. The Hall–Kier alpha value is -2.15. The minimum Gasteiger partial charge on any atom is -0.481 e. The first-order valence-electron chi connectivity index (χ1n) is 5.52. The summed E-state index contributed by atoms with van der Waals surface area (Å²) in [7, 11) is 0. The molecule has 3 N–H and O–H groups in total. The summed E-state index contributed by atoms with van der Waals surface area (Å²) in [6, 6.07) is 2.31. The normalized spacial score (nSPS) is 11.7. The first-order chi connectivity index (χ1) is 9.32. The van der Waals surface area contributed by atoms with Crippen molar-refractivity contribution < 1.29 is 29.0 Å². The van der Waals surface area contributed by atoms with Crippen molar-refractivity contribution in [2.75, 3.05) is 0 Å². The molecule has 0 saturated carbocycles. The van der Waals surface area contributed by atoms with E-state index in [0.29, 0.717) is 0 Å². The Balaban J connectivity index is 2.83. The second-order valence-electron chi connectivity index (χ2n) is 3.90. The lowest BCUT2D eigenvalue weighted by Gasteiger charge is -2.14. The summed E-state index contributed by atoms with van der Waals surface area (Å²) in [6.45, 7) is 0. The Morgan fingerprint density at radius 3 is 2.50 bits per heavy atom. The van der Waals surface area contributed by atoms with Gasteiger partial charge in [0.15, 0.2) is 5.82 Å². The van der Waals surface area contributed by atoms with Crippen LogP contribution in [0.2, 0.25) is 5.02 Å². The number of nitrogens with one attached hydrogen (secondary N) is 1. The van der Waals surface area contributed by atoms with Gasteiger partial charge in [0.05, 0.1) is 10.6 Å². The molecule has 0 aliphatic carbocycles. The highest BCUT2D eigenvalue weighted by molar-refractivity contribution is 6.31. The van der Waals surface area contributed by atoms with Crippen LogP contribution in [0, 0.1) is 5.82 Å². The van der Waals surface area contributed by atoms with E-state index in [4.69, 9.17) is 21.8 Å². The molecule has 0 bridgehead atoms. The number of carboxylic acid groups (broad SMARTS) is 2. The molecule has 1 aromatic carbocycles. The number of aliphatic carboxylic acids is 2. The highest BCUT2D eigenvalue weighted by Crippen LogP contribution is 2.18. The zero-order valence-corrected chi connectivity index (χ0v) is 10.9. The molecule has 0 aliphatic heterocycles. The summed E-state index contributed by atoms with van der Waals surface area (Å²) in [5, 5.41) is 19.2. The van der Waals surface area contributed by atoms with Gasteiger partial charge >= 0.3 is 11.9 Å². The van der Waals surface area contributed by atoms with Gasteiger partial charge in [-0.1, -0.05) is 17.7 Å². The van der Waals surface area contributed by atoms with E-state index < -0.39 is 41.7 Å². The topological polar surface area (TPSA) is 104 Å². The molecule has 0 radical (unpaired) electrons. The number of carbonyl (C=O) groups is 3. The molecule has 1 amide bonds. The summed E-state index contributed by atoms with van der Waals surface area (Å²) in [5.41, 5.74) is -0.404. The summed E-state index contributed by atoms with van der Waals surface area (Å²) >= 11 is 5.51. The summed E-state index contributed by atoms with van der Waals surface area (Å²) in [5.74, 6) is -4.53. The molecular formula is C12H11ClFNO5. The van der Waals surface area contributed by atoms with Crippen molar-refractivity contribution in [3.05, 3.63) is 34.6 Å². The number of carboxylic acids is 2. The lowest BCUT2D eigenvalue weighted by molar-refractivity contribution is -0.140. The Labute approximate surface area is 118 Å². The van der Waals surface area contributed by atoms with E-state index in [1.54, 1.807) is 0 Å². The number of halogens is 2. The molecule has 0 heterocycles. The summed E-state index contributed by atoms with van der Waals surface area (Å²) in [4.78, 5) is 33.1. The second kappa shape index (κ2) is 6.85. The van der Waals surface area contributed by atoms with Crippen LogP contribution < -0.4 is 5.32 Å². The molecule has 0 aliphatic rings. The number of hydrogen-bond donors (Lipinski definition) is 3. The molecule has 1 rings (SSSR count). The van der Waals surface area contributed by atoms with Crippen LogP contribution in [0.4, 0.5) is 4.39 Å². The summed E-state index contributed by atoms with van der Waals surface area (Å²) < 4.78 is 13.6. The maximum atomic E-state index is 13.6. The van der Waals surface area contributed by atoms with Crippen molar-refractivity contribution >= 4 is 29.4 Å². The second-order valence-corrected chi connectivity index (χ2v) is 4.31. The van der Waals surface area contributed by atoms with Crippen molar-refractivity contribution in [3.8, 4) is 0 Å². The van der Waals surface area contributed by atoms with Crippen molar-refractivity contribution in [1.82, 2.24) is 5.32 Å². The van der Waals surface area contributed by atoms with E-state index in [9.17, 15) is 18.8 Å². The molecule has 0 unspecified atom stereocenters. The lowest BCUT2D eigenvalue weighted by atomic mass is 10.1. The van der Waals surface area contributed by atoms with Crippen LogP contribution in [0.3, 0.4) is 0 Å². The Bertz CT molecular complexity index is 549. The van der Waals surface area contributed by atoms with Crippen LogP contribution in [0.25, 0.3) is 0 Å². The van der Waals surface area contributed by atoms with E-state index in [0.717, 1.165) is 6.07 Å². The fraction of sp³-hybridized carbons (Fsp3) is 0.250. The highest BCUT2D eigenvalue weighted by Gasteiger charge is 2.23. The number of rotatable bonds is 6. The molecule has 108 valence electrons. The van der Waals surface area contributed by atoms with E-state index in [1.165, 1.54) is 12.1 Å². The van der Waals surface area contributed by atoms with E-state index >= 15 is 0 Å². The first-order valence-corrected chi connectivity index (χ1v) is 5.90. The average molecular weight is 304 g/mol. The molecule has 1 atom stereocenters. The zero-order chi connectivity index (χ0) is 15.3. The molecule has 8 heteroatoms. The maximum Gasteiger partial charge on any atom is 0.326 e. The van der Waals surface area contributed by atoms with Crippen LogP contribution in [-0.2, 0) is 9.59 Å². The number of hydrogen-bond acceptors (Lipinski definition) is 3. The van der Waals surface area contributed by atoms with Gasteiger partial charge in [0.1, 0.15) is 6.04 Å². The van der Waals surface area contributed by atoms with Crippen LogP contribution in [0.5, 0.6) is 0 Å². The molecular weight excluding hydrogens is 293 g/mol. The zero-order valence-electron chi connectivity index (χ0n) is 10.1. The van der Waals surface area contributed by atoms with Gasteiger partial charge in [-0.3, -0.25) is 9.59 Å². The van der Waals surface area contributed by atoms with Crippen molar-refractivity contribution in [3.63, 3.8) is 0 Å². The van der Waals surface area contributed by atoms with Gasteiger partial charge in [-0.2, -0.15) is 0 Å². The van der Waals surface area contributed by atoms with Gasteiger partial charge in [-0.05, 0) is 18.6 Å². The summed E-state index contributed by atoms with van der Waals surface area (Å²) in [6.07, 6.45) is -0.742. The van der Waals surface area contributed by atoms with Gasteiger partial charge in [-0.25, -0.2) is 9.18 Å². The molecule has 0 spiro atoms. The van der Waals surface area contributed by atoms with Gasteiger partial charge < -0.3 is 15.5 Å². The van der Waals surface area contributed by atoms with Gasteiger partial charge in [-0.15, -0.1) is 0 Å². The number of carbonyl (C=O) groups excluding carboxylic acids is 1. The standard InChI is InChI=1S/C12H11ClFNO5/c13-7-3-1-2-6(10(7)14)11(18)15-8(12(19)20)4-5-9(16)17/h1-3,8H,4-5H2,(H,15,18)(H,16,17)(H,19,20)/t8-/m0/s1. The highest BCUT2D eigenvalue weighted by atomic mass is 35.5. The molecule has 6 nitrogen and oxygen atoms in total. The van der Waals surface area contributed by atoms with Gasteiger partial charge in [0.2, 0.25) is 0 Å². The Kier molecular flexibility index (Phi) is 5.45. The van der Waals surface area contributed by atoms with Gasteiger partial charge in [0, 0.05) is 6.42 Å². The Morgan fingerprint density at radius 1 is 1.30 bits per heavy atom. The Morgan fingerprint density at radius 2 is 1.95 bits per heavy atom. The predicted octanol–water partition coefficient (Wildman–Crippen LogP) is 1.53. The van der Waals surface area contributed by atoms with Crippen molar-refractivity contribution in [2.45, 2.75) is 18.9 Å². The molecule has 0 aromatic heterocycles. The quantitative estimate of drug-likeness (QED) is 0.739. The third kappa shape index (κ3) is 4.20. The minimum absolute atomic E-state index is 0.268. The van der Waals surface area contributed by atoms with E-state index in [2.05, 4.69) is 5.32 Å². The van der Waals surface area contributed by atoms with Crippen LogP contribution in [-0.4, -0.2) is 34.1 Å². The number of amides is 1. The molecule has 0 fully saturated rings. The van der Waals surface area contributed by atoms with Crippen LogP contribution in [0.1, 0.15) is 23.2 Å². The third-order valence-corrected chi connectivity index (χ3v) is 2.74. The fourth-order valence-electron chi connectivity index (χ4n) is 1.44. The third-order valence-electron chi connectivity index (χ3n) is 2.45.